The summed E-state index contributed by atoms with van der Waals surface area (Å²) in [5, 5.41) is 5.89. The summed E-state index contributed by atoms with van der Waals surface area (Å²) in [4.78, 5) is 11.9. The summed E-state index contributed by atoms with van der Waals surface area (Å²) in [6.07, 6.45) is 0. The molecule has 122 valence electrons. The molecule has 0 heterocycles. The van der Waals surface area contributed by atoms with Crippen LogP contribution in [0.2, 0.25) is 10.0 Å². The van der Waals surface area contributed by atoms with Crippen molar-refractivity contribution in [3.8, 4) is 0 Å². The maximum absolute atomic E-state index is 12.1. The smallest absolute Gasteiger partial charge is 0.319 e. The molecule has 2 N–H and O–H groups in total. The Kier molecular flexibility index (Phi) is 5.87. The van der Waals surface area contributed by atoms with E-state index >= 15 is 0 Å². The first-order chi connectivity index (χ1) is 10.9. The number of carbonyl (C=O) groups is 1. The number of hydrogen-bond acceptors (Lipinski definition) is 3. The van der Waals surface area contributed by atoms with Gasteiger partial charge in [0.05, 0.1) is 21.4 Å². The molecule has 0 bridgehead atoms. The highest BCUT2D eigenvalue weighted by Crippen LogP contribution is 2.20. The van der Waals surface area contributed by atoms with Crippen LogP contribution in [0.15, 0.2) is 53.4 Å². The second-order valence-corrected chi connectivity index (χ2v) is 7.59. The number of urea groups is 1. The zero-order valence-electron chi connectivity index (χ0n) is 11.9. The fourth-order valence-corrected chi connectivity index (χ4v) is 3.25. The molecule has 5 nitrogen and oxygen atoms in total. The zero-order chi connectivity index (χ0) is 16.9. The molecule has 0 atom stereocenters. The van der Waals surface area contributed by atoms with Crippen molar-refractivity contribution in [3.05, 3.63) is 58.6 Å². The minimum atomic E-state index is -3.48. The molecule has 2 amide bonds. The van der Waals surface area contributed by atoms with Crippen LogP contribution in [-0.2, 0) is 9.84 Å². The van der Waals surface area contributed by atoms with Gasteiger partial charge < -0.3 is 10.6 Å². The summed E-state index contributed by atoms with van der Waals surface area (Å²) in [7, 11) is -3.48. The summed E-state index contributed by atoms with van der Waals surface area (Å²) in [5.41, 5.74) is 0.451. The van der Waals surface area contributed by atoms with Crippen molar-refractivity contribution in [1.82, 2.24) is 5.32 Å². The highest BCUT2D eigenvalue weighted by Gasteiger charge is 2.14. The normalized spacial score (nSPS) is 11.0. The summed E-state index contributed by atoms with van der Waals surface area (Å²) < 4.78 is 24.2. The van der Waals surface area contributed by atoms with Crippen molar-refractivity contribution in [2.24, 2.45) is 0 Å². The van der Waals surface area contributed by atoms with Crippen molar-refractivity contribution in [2.75, 3.05) is 17.6 Å². The Morgan fingerprint density at radius 2 is 1.65 bits per heavy atom. The van der Waals surface area contributed by atoms with E-state index in [1.807, 2.05) is 0 Å². The lowest BCUT2D eigenvalue weighted by atomic mass is 10.3. The maximum atomic E-state index is 12.1. The van der Waals surface area contributed by atoms with E-state index in [1.165, 1.54) is 24.3 Å². The Hall–Kier alpha value is -1.76. The van der Waals surface area contributed by atoms with E-state index in [0.29, 0.717) is 15.7 Å². The van der Waals surface area contributed by atoms with Crippen LogP contribution in [0.5, 0.6) is 0 Å². The van der Waals surface area contributed by atoms with Gasteiger partial charge in [0.15, 0.2) is 9.84 Å². The molecule has 23 heavy (non-hydrogen) atoms. The largest absolute Gasteiger partial charge is 0.337 e. The Morgan fingerprint density at radius 3 is 2.30 bits per heavy atom. The van der Waals surface area contributed by atoms with Crippen molar-refractivity contribution in [2.45, 2.75) is 4.90 Å². The van der Waals surface area contributed by atoms with E-state index in [4.69, 9.17) is 23.2 Å². The van der Waals surface area contributed by atoms with Crippen LogP contribution in [0.3, 0.4) is 0 Å². The first-order valence-electron chi connectivity index (χ1n) is 6.66. The number of sulfone groups is 1. The third-order valence-electron chi connectivity index (χ3n) is 2.95. The van der Waals surface area contributed by atoms with E-state index in [0.717, 1.165) is 0 Å². The number of hydrogen-bond donors (Lipinski definition) is 2. The highest BCUT2D eigenvalue weighted by molar-refractivity contribution is 7.91. The number of rotatable bonds is 5. The topological polar surface area (TPSA) is 75.3 Å². The molecular formula is C15H14Cl2N2O3S. The molecule has 0 aliphatic rings. The second kappa shape index (κ2) is 7.68. The van der Waals surface area contributed by atoms with Gasteiger partial charge in [0.1, 0.15) is 0 Å². The Morgan fingerprint density at radius 1 is 1.00 bits per heavy atom. The quantitative estimate of drug-likeness (QED) is 0.841. The summed E-state index contributed by atoms with van der Waals surface area (Å²) in [5.74, 6) is -0.218. The van der Waals surface area contributed by atoms with Gasteiger partial charge in [-0.1, -0.05) is 35.3 Å². The van der Waals surface area contributed by atoms with Crippen LogP contribution < -0.4 is 10.6 Å². The van der Waals surface area contributed by atoms with Crippen molar-refractivity contribution in [1.29, 1.82) is 0 Å². The lowest BCUT2D eigenvalue weighted by Gasteiger charge is -2.09. The van der Waals surface area contributed by atoms with Crippen LogP contribution >= 0.6 is 23.2 Å². The van der Waals surface area contributed by atoms with E-state index in [2.05, 4.69) is 10.6 Å². The van der Waals surface area contributed by atoms with E-state index in [9.17, 15) is 13.2 Å². The number of halogens is 2. The van der Waals surface area contributed by atoms with E-state index < -0.39 is 15.9 Å². The standard InChI is InChI=1S/C15H14Cl2N2O3S/c16-11-5-7-12(8-6-11)23(21,22)10-9-18-15(20)19-14-4-2-1-3-13(14)17/h1-8H,9-10H2,(H2,18,19,20). The van der Waals surface area contributed by atoms with Crippen LogP contribution in [0.4, 0.5) is 10.5 Å². The van der Waals surface area contributed by atoms with Gasteiger partial charge in [0.2, 0.25) is 0 Å². The number of para-hydroxylation sites is 1. The van der Waals surface area contributed by atoms with Crippen molar-refractivity contribution in [3.63, 3.8) is 0 Å². The Bertz CT molecular complexity index is 793. The van der Waals surface area contributed by atoms with Gasteiger partial charge in [0, 0.05) is 11.6 Å². The fraction of sp³-hybridized carbons (Fsp3) is 0.133. The molecule has 0 aromatic heterocycles. The number of amides is 2. The molecule has 0 saturated heterocycles. The summed E-state index contributed by atoms with van der Waals surface area (Å²) in [6, 6.07) is 12.1. The Labute approximate surface area is 144 Å². The molecule has 0 spiro atoms. The van der Waals surface area contributed by atoms with Gasteiger partial charge in [-0.25, -0.2) is 13.2 Å². The fourth-order valence-electron chi connectivity index (χ4n) is 1.79. The Balaban J connectivity index is 1.88. The molecule has 2 aromatic rings. The van der Waals surface area contributed by atoms with Gasteiger partial charge in [-0.05, 0) is 36.4 Å². The molecule has 2 aromatic carbocycles. The third kappa shape index (κ3) is 5.13. The number of carbonyl (C=O) groups excluding carboxylic acids is 1. The predicted octanol–water partition coefficient (Wildman–Crippen LogP) is 3.59. The van der Waals surface area contributed by atoms with Crippen molar-refractivity contribution >= 4 is 44.8 Å². The predicted molar refractivity (Wildman–Crippen MR) is 92.0 cm³/mol. The van der Waals surface area contributed by atoms with Gasteiger partial charge in [-0.3, -0.25) is 0 Å². The van der Waals surface area contributed by atoms with Crippen LogP contribution in [0.25, 0.3) is 0 Å². The first-order valence-corrected chi connectivity index (χ1v) is 9.07. The molecule has 0 unspecified atom stereocenters. The second-order valence-electron chi connectivity index (χ2n) is 4.63. The maximum Gasteiger partial charge on any atom is 0.319 e. The van der Waals surface area contributed by atoms with E-state index in [1.54, 1.807) is 24.3 Å². The van der Waals surface area contributed by atoms with Gasteiger partial charge >= 0.3 is 6.03 Å². The van der Waals surface area contributed by atoms with Crippen LogP contribution in [0, 0.1) is 0 Å². The number of anilines is 1. The molecule has 2 rings (SSSR count). The number of benzene rings is 2. The molecular weight excluding hydrogens is 359 g/mol. The summed E-state index contributed by atoms with van der Waals surface area (Å²) in [6.45, 7) is -0.0265. The van der Waals surface area contributed by atoms with Gasteiger partial charge in [-0.2, -0.15) is 0 Å². The van der Waals surface area contributed by atoms with E-state index in [-0.39, 0.29) is 17.2 Å². The van der Waals surface area contributed by atoms with Crippen LogP contribution in [0.1, 0.15) is 0 Å². The summed E-state index contributed by atoms with van der Waals surface area (Å²) >= 11 is 11.6. The monoisotopic (exact) mass is 372 g/mol. The SMILES string of the molecule is O=C(NCCS(=O)(=O)c1ccc(Cl)cc1)Nc1ccccc1Cl. The molecule has 0 aliphatic carbocycles. The zero-order valence-corrected chi connectivity index (χ0v) is 14.3. The first kappa shape index (κ1) is 17.6. The molecule has 0 aliphatic heterocycles. The van der Waals surface area contributed by atoms with Gasteiger partial charge in [-0.15, -0.1) is 0 Å². The van der Waals surface area contributed by atoms with Crippen molar-refractivity contribution < 1.29 is 13.2 Å². The highest BCUT2D eigenvalue weighted by atomic mass is 35.5. The molecule has 0 radical (unpaired) electrons. The molecule has 8 heteroatoms. The third-order valence-corrected chi connectivity index (χ3v) is 5.26. The minimum absolute atomic E-state index is 0.0265. The lowest BCUT2D eigenvalue weighted by Crippen LogP contribution is -2.32. The molecule has 0 saturated carbocycles. The average Bonchev–Trinajstić information content (AvgIpc) is 2.50. The van der Waals surface area contributed by atoms with Gasteiger partial charge in [0.25, 0.3) is 0 Å². The number of nitrogens with one attached hydrogen (secondary N) is 2. The van der Waals surface area contributed by atoms with Crippen LogP contribution in [-0.4, -0.2) is 26.7 Å². The minimum Gasteiger partial charge on any atom is -0.337 e. The average molecular weight is 373 g/mol. The lowest BCUT2D eigenvalue weighted by molar-refractivity contribution is 0.252. The molecule has 0 fully saturated rings.